The quantitative estimate of drug-likeness (QED) is 0.864. The molecular weight excluding hydrogens is 238 g/mol. The van der Waals surface area contributed by atoms with Gasteiger partial charge in [-0.05, 0) is 29.8 Å². The Balaban J connectivity index is 2.38. The van der Waals surface area contributed by atoms with E-state index in [4.69, 9.17) is 5.11 Å². The maximum atomic E-state index is 11.0. The van der Waals surface area contributed by atoms with Gasteiger partial charge >= 0.3 is 5.97 Å². The van der Waals surface area contributed by atoms with Crippen LogP contribution in [0.4, 0.5) is 0 Å². The van der Waals surface area contributed by atoms with Crippen molar-refractivity contribution < 1.29 is 9.90 Å². The first kappa shape index (κ1) is 13.6. The van der Waals surface area contributed by atoms with Crippen LogP contribution in [0.1, 0.15) is 24.9 Å². The number of rotatable bonds is 5. The van der Waals surface area contributed by atoms with Gasteiger partial charge in [-0.1, -0.05) is 49.4 Å². The van der Waals surface area contributed by atoms with E-state index in [9.17, 15) is 4.79 Å². The number of carbonyl (C=O) groups is 1. The Kier molecular flexibility index (Phi) is 4.17. The second-order valence-corrected chi connectivity index (χ2v) is 4.88. The third-order valence-corrected chi connectivity index (χ3v) is 3.56. The number of nitrogens with one attached hydrogen (secondary N) is 1. The van der Waals surface area contributed by atoms with E-state index in [0.717, 1.165) is 5.56 Å². The second-order valence-electron chi connectivity index (χ2n) is 4.88. The first-order valence-electron chi connectivity index (χ1n) is 6.51. The van der Waals surface area contributed by atoms with Gasteiger partial charge in [0.25, 0.3) is 0 Å². The molecule has 0 bridgehead atoms. The molecule has 2 aromatic rings. The van der Waals surface area contributed by atoms with Gasteiger partial charge in [0.2, 0.25) is 0 Å². The lowest BCUT2D eigenvalue weighted by Crippen LogP contribution is -2.22. The molecule has 0 aliphatic heterocycles. The van der Waals surface area contributed by atoms with Gasteiger partial charge in [-0.3, -0.25) is 4.79 Å². The van der Waals surface area contributed by atoms with Gasteiger partial charge in [-0.15, -0.1) is 0 Å². The van der Waals surface area contributed by atoms with Gasteiger partial charge in [0.15, 0.2) is 0 Å². The van der Waals surface area contributed by atoms with Crippen molar-refractivity contribution in [2.45, 2.75) is 19.4 Å². The van der Waals surface area contributed by atoms with E-state index in [1.54, 1.807) is 6.92 Å². The second kappa shape index (κ2) is 5.85. The molecule has 0 saturated heterocycles. The molecule has 0 heterocycles. The number of hydrogen-bond acceptors (Lipinski definition) is 2. The molecule has 100 valence electrons. The zero-order valence-corrected chi connectivity index (χ0v) is 11.3. The topological polar surface area (TPSA) is 49.3 Å². The van der Waals surface area contributed by atoms with E-state index in [1.165, 1.54) is 10.8 Å². The maximum absolute atomic E-state index is 11.0. The summed E-state index contributed by atoms with van der Waals surface area (Å²) < 4.78 is 0. The Morgan fingerprint density at radius 2 is 1.89 bits per heavy atom. The lowest BCUT2D eigenvalue weighted by molar-refractivity contribution is -0.141. The van der Waals surface area contributed by atoms with E-state index in [1.807, 2.05) is 25.2 Å². The Bertz CT molecular complexity index is 574. The Labute approximate surface area is 113 Å². The highest BCUT2D eigenvalue weighted by Gasteiger charge is 2.19. The normalized spacial score (nSPS) is 14.2. The van der Waals surface area contributed by atoms with E-state index in [-0.39, 0.29) is 12.0 Å². The van der Waals surface area contributed by atoms with E-state index in [0.29, 0.717) is 6.42 Å². The Morgan fingerprint density at radius 3 is 2.58 bits per heavy atom. The molecule has 2 atom stereocenters. The fourth-order valence-corrected chi connectivity index (χ4v) is 2.41. The summed E-state index contributed by atoms with van der Waals surface area (Å²) in [4.78, 5) is 11.0. The molecule has 2 unspecified atom stereocenters. The fourth-order valence-electron chi connectivity index (χ4n) is 2.41. The maximum Gasteiger partial charge on any atom is 0.306 e. The molecule has 2 aromatic carbocycles. The molecule has 0 aromatic heterocycles. The molecule has 0 radical (unpaired) electrons. The number of aliphatic carboxylic acids is 1. The van der Waals surface area contributed by atoms with Gasteiger partial charge in [0.05, 0.1) is 5.92 Å². The van der Waals surface area contributed by atoms with Gasteiger partial charge in [0, 0.05) is 6.04 Å². The zero-order valence-electron chi connectivity index (χ0n) is 11.3. The van der Waals surface area contributed by atoms with Crippen LogP contribution in [0.5, 0.6) is 0 Å². The third kappa shape index (κ3) is 2.93. The molecule has 19 heavy (non-hydrogen) atoms. The number of benzene rings is 2. The van der Waals surface area contributed by atoms with Crippen molar-refractivity contribution in [2.75, 3.05) is 7.05 Å². The van der Waals surface area contributed by atoms with Crippen molar-refractivity contribution in [3.05, 3.63) is 48.0 Å². The molecule has 3 heteroatoms. The molecule has 0 fully saturated rings. The van der Waals surface area contributed by atoms with Crippen LogP contribution < -0.4 is 5.32 Å². The summed E-state index contributed by atoms with van der Waals surface area (Å²) in [6, 6.07) is 14.4. The molecule has 0 aliphatic carbocycles. The van der Waals surface area contributed by atoms with Crippen molar-refractivity contribution in [3.63, 3.8) is 0 Å². The SMILES string of the molecule is CNC(CC(C)C(=O)O)c1cccc2ccccc12. The van der Waals surface area contributed by atoms with Crippen molar-refractivity contribution in [3.8, 4) is 0 Å². The first-order chi connectivity index (χ1) is 9.13. The number of carboxylic acids is 1. The smallest absolute Gasteiger partial charge is 0.306 e. The Hall–Kier alpha value is -1.87. The monoisotopic (exact) mass is 257 g/mol. The molecule has 3 nitrogen and oxygen atoms in total. The minimum atomic E-state index is -0.750. The van der Waals surface area contributed by atoms with Crippen molar-refractivity contribution in [1.29, 1.82) is 0 Å². The lowest BCUT2D eigenvalue weighted by atomic mass is 9.92. The number of carboxylic acid groups (broad SMARTS) is 1. The fraction of sp³-hybridized carbons (Fsp3) is 0.312. The zero-order chi connectivity index (χ0) is 13.8. The number of fused-ring (bicyclic) bond motifs is 1. The van der Waals surface area contributed by atoms with Gasteiger partial charge in [0.1, 0.15) is 0 Å². The average Bonchev–Trinajstić information content (AvgIpc) is 2.44. The van der Waals surface area contributed by atoms with Gasteiger partial charge in [-0.25, -0.2) is 0 Å². The van der Waals surface area contributed by atoms with Crippen molar-refractivity contribution >= 4 is 16.7 Å². The predicted octanol–water partition coefficient (Wildman–Crippen LogP) is 3.21. The largest absolute Gasteiger partial charge is 0.481 e. The average molecular weight is 257 g/mol. The minimum absolute atomic E-state index is 0.0530. The van der Waals surface area contributed by atoms with E-state index < -0.39 is 5.97 Å². The van der Waals surface area contributed by atoms with Gasteiger partial charge in [-0.2, -0.15) is 0 Å². The van der Waals surface area contributed by atoms with Crippen LogP contribution in [-0.4, -0.2) is 18.1 Å². The lowest BCUT2D eigenvalue weighted by Gasteiger charge is -2.20. The predicted molar refractivity (Wildman–Crippen MR) is 77.2 cm³/mol. The summed E-state index contributed by atoms with van der Waals surface area (Å²) in [6.07, 6.45) is 0.583. The van der Waals surface area contributed by atoms with Crippen LogP contribution in [0.25, 0.3) is 10.8 Å². The first-order valence-corrected chi connectivity index (χ1v) is 6.51. The highest BCUT2D eigenvalue weighted by molar-refractivity contribution is 5.86. The van der Waals surface area contributed by atoms with E-state index >= 15 is 0 Å². The molecule has 2 rings (SSSR count). The van der Waals surface area contributed by atoms with Gasteiger partial charge < -0.3 is 10.4 Å². The van der Waals surface area contributed by atoms with Crippen LogP contribution in [0.15, 0.2) is 42.5 Å². The molecule has 0 spiro atoms. The van der Waals surface area contributed by atoms with Crippen LogP contribution in [-0.2, 0) is 4.79 Å². The summed E-state index contributed by atoms with van der Waals surface area (Å²) in [5.74, 6) is -1.11. The molecule has 0 saturated carbocycles. The summed E-state index contributed by atoms with van der Waals surface area (Å²) in [7, 11) is 1.88. The van der Waals surface area contributed by atoms with Crippen LogP contribution >= 0.6 is 0 Å². The third-order valence-electron chi connectivity index (χ3n) is 3.56. The van der Waals surface area contributed by atoms with Crippen molar-refractivity contribution in [1.82, 2.24) is 5.32 Å². The minimum Gasteiger partial charge on any atom is -0.481 e. The summed E-state index contributed by atoms with van der Waals surface area (Å²) >= 11 is 0. The van der Waals surface area contributed by atoms with E-state index in [2.05, 4.69) is 29.6 Å². The van der Waals surface area contributed by atoms with Crippen LogP contribution in [0.3, 0.4) is 0 Å². The highest BCUT2D eigenvalue weighted by atomic mass is 16.4. The molecule has 2 N–H and O–H groups in total. The van der Waals surface area contributed by atoms with Crippen LogP contribution in [0.2, 0.25) is 0 Å². The number of hydrogen-bond donors (Lipinski definition) is 2. The van der Waals surface area contributed by atoms with Crippen LogP contribution in [0, 0.1) is 5.92 Å². The Morgan fingerprint density at radius 1 is 1.21 bits per heavy atom. The summed E-state index contributed by atoms with van der Waals surface area (Å²) in [6.45, 7) is 1.75. The highest BCUT2D eigenvalue weighted by Crippen LogP contribution is 2.28. The molecule has 0 amide bonds. The standard InChI is InChI=1S/C16H19NO2/c1-11(16(18)19)10-15(17-2)14-9-5-7-12-6-3-4-8-13(12)14/h3-9,11,15,17H,10H2,1-2H3,(H,18,19). The molecule has 0 aliphatic rings. The summed E-state index contributed by atoms with van der Waals surface area (Å²) in [5, 5.41) is 14.7. The van der Waals surface area contributed by atoms with Crippen molar-refractivity contribution in [2.24, 2.45) is 5.92 Å². The summed E-state index contributed by atoms with van der Waals surface area (Å²) in [5.41, 5.74) is 1.16. The molecular formula is C16H19NO2.